The number of nitrogens with zero attached hydrogens (tertiary/aromatic N) is 2. The lowest BCUT2D eigenvalue weighted by Crippen LogP contribution is -1.93. The zero-order chi connectivity index (χ0) is 14.3. The van der Waals surface area contributed by atoms with Crippen molar-refractivity contribution in [1.29, 1.82) is 0 Å². The smallest absolute Gasteiger partial charge is 0.142 e. The number of hydrogen-bond acceptors (Lipinski definition) is 3. The first-order chi connectivity index (χ1) is 9.60. The van der Waals surface area contributed by atoms with Gasteiger partial charge >= 0.3 is 0 Å². The molecule has 3 rings (SSSR count). The van der Waals surface area contributed by atoms with Gasteiger partial charge in [-0.15, -0.1) is 0 Å². The molecule has 3 aromatic rings. The predicted octanol–water partition coefficient (Wildman–Crippen LogP) is 3.61. The van der Waals surface area contributed by atoms with E-state index in [1.807, 2.05) is 29.8 Å². The van der Waals surface area contributed by atoms with Gasteiger partial charge in [-0.05, 0) is 30.3 Å². The Labute approximate surface area is 121 Å². The molecule has 0 saturated heterocycles. The van der Waals surface area contributed by atoms with Crippen LogP contribution in [0.3, 0.4) is 0 Å². The lowest BCUT2D eigenvalue weighted by molar-refractivity contribution is 0.415. The summed E-state index contributed by atoms with van der Waals surface area (Å²) >= 11 is 6.20. The summed E-state index contributed by atoms with van der Waals surface area (Å²) in [5.41, 5.74) is 2.49. The van der Waals surface area contributed by atoms with Crippen molar-refractivity contribution >= 4 is 22.6 Å². The fourth-order valence-electron chi connectivity index (χ4n) is 2.23. The maximum absolute atomic E-state index is 9.63. The van der Waals surface area contributed by atoms with Gasteiger partial charge in [0.2, 0.25) is 0 Å². The lowest BCUT2D eigenvalue weighted by Gasteiger charge is -2.05. The number of aromatic hydroxyl groups is 1. The summed E-state index contributed by atoms with van der Waals surface area (Å²) in [7, 11) is 3.54. The van der Waals surface area contributed by atoms with Crippen LogP contribution in [0.15, 0.2) is 36.4 Å². The highest BCUT2D eigenvalue weighted by molar-refractivity contribution is 6.33. The number of halogens is 1. The fourth-order valence-corrected chi connectivity index (χ4v) is 2.43. The van der Waals surface area contributed by atoms with E-state index in [4.69, 9.17) is 16.3 Å². The summed E-state index contributed by atoms with van der Waals surface area (Å²) in [4.78, 5) is 4.58. The van der Waals surface area contributed by atoms with E-state index in [1.54, 1.807) is 25.3 Å². The van der Waals surface area contributed by atoms with Crippen molar-refractivity contribution in [2.24, 2.45) is 7.05 Å². The maximum atomic E-state index is 9.63. The second-order valence-electron chi connectivity index (χ2n) is 4.51. The molecule has 0 aliphatic carbocycles. The van der Waals surface area contributed by atoms with Gasteiger partial charge < -0.3 is 14.4 Å². The predicted molar refractivity (Wildman–Crippen MR) is 79.4 cm³/mol. The van der Waals surface area contributed by atoms with Gasteiger partial charge in [-0.25, -0.2) is 4.98 Å². The summed E-state index contributed by atoms with van der Waals surface area (Å²) in [5, 5.41) is 10.2. The highest BCUT2D eigenvalue weighted by Gasteiger charge is 2.14. The Hall–Kier alpha value is -2.20. The van der Waals surface area contributed by atoms with E-state index >= 15 is 0 Å². The average Bonchev–Trinajstić information content (AvgIpc) is 2.78. The minimum atomic E-state index is 0.161. The average molecular weight is 289 g/mol. The lowest BCUT2D eigenvalue weighted by atomic mass is 10.2. The van der Waals surface area contributed by atoms with Crippen molar-refractivity contribution < 1.29 is 9.84 Å². The van der Waals surface area contributed by atoms with Gasteiger partial charge in [0.25, 0.3) is 0 Å². The molecule has 20 heavy (non-hydrogen) atoms. The van der Waals surface area contributed by atoms with Crippen LogP contribution >= 0.6 is 11.6 Å². The summed E-state index contributed by atoms with van der Waals surface area (Å²) in [6.07, 6.45) is 0. The molecule has 0 saturated carbocycles. The highest BCUT2D eigenvalue weighted by atomic mass is 35.5. The van der Waals surface area contributed by atoms with Crippen LogP contribution in [-0.2, 0) is 7.05 Å². The zero-order valence-corrected chi connectivity index (χ0v) is 11.8. The number of phenols is 1. The minimum absolute atomic E-state index is 0.161. The first-order valence-corrected chi connectivity index (χ1v) is 6.47. The van der Waals surface area contributed by atoms with Crippen LogP contribution < -0.4 is 4.74 Å². The number of imidazole rings is 1. The molecule has 0 amide bonds. The van der Waals surface area contributed by atoms with Gasteiger partial charge in [0, 0.05) is 18.7 Å². The number of rotatable bonds is 2. The van der Waals surface area contributed by atoms with E-state index in [0.717, 1.165) is 16.8 Å². The number of aryl methyl sites for hydroxylation is 1. The van der Waals surface area contributed by atoms with E-state index in [1.165, 1.54) is 0 Å². The molecule has 0 fully saturated rings. The number of methoxy groups -OCH3 is 1. The molecule has 0 atom stereocenters. The largest absolute Gasteiger partial charge is 0.508 e. The van der Waals surface area contributed by atoms with E-state index < -0.39 is 0 Å². The normalized spacial score (nSPS) is 10.9. The topological polar surface area (TPSA) is 47.3 Å². The Morgan fingerprint density at radius 3 is 2.75 bits per heavy atom. The van der Waals surface area contributed by atoms with Gasteiger partial charge in [0.05, 0.1) is 23.2 Å². The first kappa shape index (κ1) is 12.8. The molecular weight excluding hydrogens is 276 g/mol. The van der Waals surface area contributed by atoms with Crippen LogP contribution in [0.5, 0.6) is 11.5 Å². The third-order valence-electron chi connectivity index (χ3n) is 3.28. The molecule has 5 heteroatoms. The van der Waals surface area contributed by atoms with E-state index in [9.17, 15) is 5.11 Å². The number of fused-ring (bicyclic) bond motifs is 1. The Morgan fingerprint density at radius 2 is 2.00 bits per heavy atom. The number of benzene rings is 2. The van der Waals surface area contributed by atoms with Gasteiger partial charge in [-0.1, -0.05) is 11.6 Å². The van der Waals surface area contributed by atoms with E-state index in [-0.39, 0.29) is 5.75 Å². The molecule has 1 aromatic heterocycles. The Morgan fingerprint density at radius 1 is 1.20 bits per heavy atom. The molecule has 102 valence electrons. The van der Waals surface area contributed by atoms with Gasteiger partial charge in [0.15, 0.2) is 0 Å². The van der Waals surface area contributed by atoms with Crippen molar-refractivity contribution in [3.63, 3.8) is 0 Å². The highest BCUT2D eigenvalue weighted by Crippen LogP contribution is 2.32. The second-order valence-corrected chi connectivity index (χ2v) is 4.92. The molecule has 4 nitrogen and oxygen atoms in total. The van der Waals surface area contributed by atoms with Crippen molar-refractivity contribution in [3.8, 4) is 22.9 Å². The maximum Gasteiger partial charge on any atom is 0.142 e. The molecule has 1 heterocycles. The van der Waals surface area contributed by atoms with Gasteiger partial charge in [-0.3, -0.25) is 0 Å². The summed E-state index contributed by atoms with van der Waals surface area (Å²) in [6, 6.07) is 10.5. The summed E-state index contributed by atoms with van der Waals surface area (Å²) in [5.74, 6) is 1.62. The van der Waals surface area contributed by atoms with Crippen LogP contribution in [0.25, 0.3) is 22.4 Å². The number of ether oxygens (including phenoxy) is 1. The molecule has 0 spiro atoms. The third kappa shape index (κ3) is 1.98. The van der Waals surface area contributed by atoms with Crippen molar-refractivity contribution in [2.75, 3.05) is 7.11 Å². The van der Waals surface area contributed by atoms with Crippen molar-refractivity contribution in [3.05, 3.63) is 41.4 Å². The van der Waals surface area contributed by atoms with Crippen LogP contribution in [0, 0.1) is 0 Å². The van der Waals surface area contributed by atoms with Crippen LogP contribution in [-0.4, -0.2) is 21.8 Å². The molecule has 0 radical (unpaired) electrons. The Balaban J connectivity index is 2.26. The number of hydrogen-bond donors (Lipinski definition) is 1. The molecule has 0 aliphatic rings. The van der Waals surface area contributed by atoms with Crippen LogP contribution in [0.2, 0.25) is 5.02 Å². The molecular formula is C15H13ClN2O2. The van der Waals surface area contributed by atoms with E-state index in [2.05, 4.69) is 4.98 Å². The van der Waals surface area contributed by atoms with Crippen molar-refractivity contribution in [2.45, 2.75) is 0 Å². The molecule has 0 unspecified atom stereocenters. The summed E-state index contributed by atoms with van der Waals surface area (Å²) < 4.78 is 7.14. The number of aromatic nitrogens is 2. The SMILES string of the molecule is COc1ccc2c(c1)nc(-c1cc(O)ccc1Cl)n2C. The minimum Gasteiger partial charge on any atom is -0.508 e. The molecule has 0 aliphatic heterocycles. The van der Waals surface area contributed by atoms with E-state index in [0.29, 0.717) is 16.4 Å². The second kappa shape index (κ2) is 4.72. The Kier molecular flexibility index (Phi) is 3.03. The molecule has 0 bridgehead atoms. The van der Waals surface area contributed by atoms with Crippen LogP contribution in [0.1, 0.15) is 0 Å². The molecule has 1 N–H and O–H groups in total. The van der Waals surface area contributed by atoms with Crippen molar-refractivity contribution in [1.82, 2.24) is 9.55 Å². The van der Waals surface area contributed by atoms with Crippen LogP contribution in [0.4, 0.5) is 0 Å². The quantitative estimate of drug-likeness (QED) is 0.783. The third-order valence-corrected chi connectivity index (χ3v) is 3.61. The zero-order valence-electron chi connectivity index (χ0n) is 11.1. The monoisotopic (exact) mass is 288 g/mol. The fraction of sp³-hybridized carbons (Fsp3) is 0.133. The standard InChI is InChI=1S/C15H13ClN2O2/c1-18-14-6-4-10(20-2)8-13(14)17-15(18)11-7-9(19)3-5-12(11)16/h3-8,19H,1-2H3. The number of phenolic OH excluding ortho intramolecular Hbond substituents is 1. The first-order valence-electron chi connectivity index (χ1n) is 6.09. The van der Waals surface area contributed by atoms with Gasteiger partial charge in [-0.2, -0.15) is 0 Å². The Bertz CT molecular complexity index is 796. The summed E-state index contributed by atoms with van der Waals surface area (Å²) in [6.45, 7) is 0. The molecule has 2 aromatic carbocycles. The van der Waals surface area contributed by atoms with Gasteiger partial charge in [0.1, 0.15) is 17.3 Å².